The van der Waals surface area contributed by atoms with E-state index in [1.54, 1.807) is 4.31 Å². The SMILES string of the molecule is C=C(CN1CC2(CCCC2)CS1(=O)=O)c1ccccc1. The molecule has 0 atom stereocenters. The molecule has 3 nitrogen and oxygen atoms in total. The van der Waals surface area contributed by atoms with Gasteiger partial charge in [0, 0.05) is 13.1 Å². The first-order valence-corrected chi connectivity index (χ1v) is 8.83. The number of hydrogen-bond donors (Lipinski definition) is 0. The van der Waals surface area contributed by atoms with Crippen LogP contribution in [0, 0.1) is 5.41 Å². The van der Waals surface area contributed by atoms with Gasteiger partial charge in [-0.2, -0.15) is 4.31 Å². The summed E-state index contributed by atoms with van der Waals surface area (Å²) in [4.78, 5) is 0. The van der Waals surface area contributed by atoms with Gasteiger partial charge < -0.3 is 0 Å². The largest absolute Gasteiger partial charge is 0.215 e. The zero-order valence-corrected chi connectivity index (χ0v) is 12.5. The fourth-order valence-electron chi connectivity index (χ4n) is 3.56. The summed E-state index contributed by atoms with van der Waals surface area (Å²) in [6.45, 7) is 5.17. The van der Waals surface area contributed by atoms with E-state index in [2.05, 4.69) is 6.58 Å². The Morgan fingerprint density at radius 3 is 2.50 bits per heavy atom. The molecule has 1 aliphatic carbocycles. The van der Waals surface area contributed by atoms with Gasteiger partial charge in [-0.25, -0.2) is 8.42 Å². The van der Waals surface area contributed by atoms with Crippen LogP contribution < -0.4 is 0 Å². The summed E-state index contributed by atoms with van der Waals surface area (Å²) in [5, 5.41) is 0. The van der Waals surface area contributed by atoms with Crippen molar-refractivity contribution >= 4 is 15.6 Å². The average Bonchev–Trinajstić information content (AvgIpc) is 2.95. The lowest BCUT2D eigenvalue weighted by atomic mass is 9.88. The predicted octanol–water partition coefficient (Wildman–Crippen LogP) is 2.91. The highest BCUT2D eigenvalue weighted by atomic mass is 32.2. The zero-order chi connectivity index (χ0) is 14.2. The molecule has 0 bridgehead atoms. The van der Waals surface area contributed by atoms with Crippen LogP contribution in [0.25, 0.3) is 5.57 Å². The summed E-state index contributed by atoms with van der Waals surface area (Å²) in [6, 6.07) is 9.83. The van der Waals surface area contributed by atoms with E-state index in [1.807, 2.05) is 30.3 Å². The van der Waals surface area contributed by atoms with E-state index in [9.17, 15) is 8.42 Å². The second kappa shape index (κ2) is 5.01. The molecular formula is C16H21NO2S. The Labute approximate surface area is 121 Å². The van der Waals surface area contributed by atoms with Crippen molar-refractivity contribution in [1.29, 1.82) is 0 Å². The highest BCUT2D eigenvalue weighted by molar-refractivity contribution is 7.89. The summed E-state index contributed by atoms with van der Waals surface area (Å²) in [5.74, 6) is 0.335. The summed E-state index contributed by atoms with van der Waals surface area (Å²) in [6.07, 6.45) is 4.45. The molecule has 1 heterocycles. The quantitative estimate of drug-likeness (QED) is 0.858. The van der Waals surface area contributed by atoms with Gasteiger partial charge in [0.05, 0.1) is 5.75 Å². The molecule has 1 saturated carbocycles. The Bertz CT molecular complexity index is 601. The maximum atomic E-state index is 12.4. The molecule has 0 amide bonds. The molecule has 3 rings (SSSR count). The Morgan fingerprint density at radius 1 is 1.20 bits per heavy atom. The van der Waals surface area contributed by atoms with E-state index >= 15 is 0 Å². The summed E-state index contributed by atoms with van der Waals surface area (Å²) in [7, 11) is -3.11. The van der Waals surface area contributed by atoms with Crippen molar-refractivity contribution < 1.29 is 8.42 Å². The lowest BCUT2D eigenvalue weighted by Crippen LogP contribution is -2.28. The Hall–Kier alpha value is -1.13. The fraction of sp³-hybridized carbons (Fsp3) is 0.500. The predicted molar refractivity (Wildman–Crippen MR) is 81.7 cm³/mol. The highest BCUT2D eigenvalue weighted by Gasteiger charge is 2.48. The minimum atomic E-state index is -3.11. The van der Waals surface area contributed by atoms with Crippen molar-refractivity contribution in [3.8, 4) is 0 Å². The van der Waals surface area contributed by atoms with E-state index in [4.69, 9.17) is 0 Å². The Kier molecular flexibility index (Phi) is 3.46. The van der Waals surface area contributed by atoms with Crippen molar-refractivity contribution in [2.75, 3.05) is 18.8 Å². The van der Waals surface area contributed by atoms with Gasteiger partial charge in [0.25, 0.3) is 0 Å². The van der Waals surface area contributed by atoms with E-state index in [1.165, 1.54) is 12.8 Å². The van der Waals surface area contributed by atoms with Gasteiger partial charge in [-0.3, -0.25) is 0 Å². The molecule has 1 aliphatic heterocycles. The lowest BCUT2D eigenvalue weighted by molar-refractivity contribution is 0.301. The smallest absolute Gasteiger partial charge is 0.212 e. The number of rotatable bonds is 3. The topological polar surface area (TPSA) is 37.4 Å². The van der Waals surface area contributed by atoms with E-state index in [0.29, 0.717) is 18.8 Å². The molecular weight excluding hydrogens is 270 g/mol. The van der Waals surface area contributed by atoms with Crippen LogP contribution in [0.5, 0.6) is 0 Å². The normalized spacial score (nSPS) is 24.2. The standard InChI is InChI=1S/C16H21NO2S/c1-14(15-7-3-2-4-8-15)11-17-12-16(9-5-6-10-16)13-20(17,18)19/h2-4,7-8H,1,5-6,9-13H2. The highest BCUT2D eigenvalue weighted by Crippen LogP contribution is 2.45. The first-order chi connectivity index (χ1) is 9.51. The Morgan fingerprint density at radius 2 is 1.85 bits per heavy atom. The van der Waals surface area contributed by atoms with E-state index in [-0.39, 0.29) is 5.41 Å². The van der Waals surface area contributed by atoms with Crippen molar-refractivity contribution in [2.24, 2.45) is 5.41 Å². The molecule has 1 saturated heterocycles. The van der Waals surface area contributed by atoms with Crippen molar-refractivity contribution in [2.45, 2.75) is 25.7 Å². The molecule has 0 N–H and O–H groups in total. The molecule has 4 heteroatoms. The molecule has 20 heavy (non-hydrogen) atoms. The second-order valence-corrected chi connectivity index (χ2v) is 8.17. The molecule has 108 valence electrons. The van der Waals surface area contributed by atoms with Crippen LogP contribution in [-0.2, 0) is 10.0 Å². The maximum absolute atomic E-state index is 12.4. The van der Waals surface area contributed by atoms with Crippen LogP contribution in [0.1, 0.15) is 31.2 Å². The van der Waals surface area contributed by atoms with Crippen LogP contribution in [0.3, 0.4) is 0 Å². The van der Waals surface area contributed by atoms with Gasteiger partial charge in [0.2, 0.25) is 10.0 Å². The molecule has 2 fully saturated rings. The number of hydrogen-bond acceptors (Lipinski definition) is 2. The van der Waals surface area contributed by atoms with Gasteiger partial charge >= 0.3 is 0 Å². The molecule has 0 radical (unpaired) electrons. The fourth-order valence-corrected chi connectivity index (χ4v) is 5.72. The summed E-state index contributed by atoms with van der Waals surface area (Å²) in [5.41, 5.74) is 1.93. The van der Waals surface area contributed by atoms with Gasteiger partial charge in [0.1, 0.15) is 0 Å². The minimum absolute atomic E-state index is 0.0236. The van der Waals surface area contributed by atoms with Crippen molar-refractivity contribution in [3.63, 3.8) is 0 Å². The van der Waals surface area contributed by atoms with Crippen molar-refractivity contribution in [3.05, 3.63) is 42.5 Å². The van der Waals surface area contributed by atoms with Crippen LogP contribution in [-0.4, -0.2) is 31.6 Å². The second-order valence-electron chi connectivity index (χ2n) is 6.20. The van der Waals surface area contributed by atoms with Gasteiger partial charge in [-0.15, -0.1) is 0 Å². The van der Waals surface area contributed by atoms with E-state index in [0.717, 1.165) is 24.0 Å². The first kappa shape index (κ1) is 13.8. The molecule has 0 aromatic heterocycles. The van der Waals surface area contributed by atoms with Gasteiger partial charge in [0.15, 0.2) is 0 Å². The van der Waals surface area contributed by atoms with Crippen LogP contribution in [0.4, 0.5) is 0 Å². The van der Waals surface area contributed by atoms with Gasteiger partial charge in [-0.1, -0.05) is 49.8 Å². The monoisotopic (exact) mass is 291 g/mol. The van der Waals surface area contributed by atoms with E-state index < -0.39 is 10.0 Å². The number of nitrogens with zero attached hydrogens (tertiary/aromatic N) is 1. The molecule has 1 aromatic carbocycles. The first-order valence-electron chi connectivity index (χ1n) is 7.22. The Balaban J connectivity index is 1.76. The van der Waals surface area contributed by atoms with Crippen molar-refractivity contribution in [1.82, 2.24) is 4.31 Å². The summed E-state index contributed by atoms with van der Waals surface area (Å²) >= 11 is 0. The number of sulfonamides is 1. The number of benzene rings is 1. The molecule has 0 unspecified atom stereocenters. The van der Waals surface area contributed by atoms with Crippen LogP contribution in [0.15, 0.2) is 36.9 Å². The third-order valence-electron chi connectivity index (χ3n) is 4.61. The zero-order valence-electron chi connectivity index (χ0n) is 11.7. The minimum Gasteiger partial charge on any atom is -0.212 e. The van der Waals surface area contributed by atoms with Crippen LogP contribution >= 0.6 is 0 Å². The maximum Gasteiger partial charge on any atom is 0.215 e. The third kappa shape index (κ3) is 2.54. The molecule has 2 aliphatic rings. The average molecular weight is 291 g/mol. The third-order valence-corrected chi connectivity index (χ3v) is 6.63. The molecule has 1 spiro atoms. The molecule has 1 aromatic rings. The van der Waals surface area contributed by atoms with Crippen LogP contribution in [0.2, 0.25) is 0 Å². The van der Waals surface area contributed by atoms with Gasteiger partial charge in [-0.05, 0) is 29.4 Å². The lowest BCUT2D eigenvalue weighted by Gasteiger charge is -2.21. The summed E-state index contributed by atoms with van der Waals surface area (Å²) < 4.78 is 26.4.